The van der Waals surface area contributed by atoms with E-state index in [1.54, 1.807) is 0 Å². The average molecular weight is 1870 g/mol. The zero-order chi connectivity index (χ0) is 98.8. The maximum Gasteiger partial charge on any atom is 0.0887 e. The van der Waals surface area contributed by atoms with Gasteiger partial charge in [-0.3, -0.25) is 0 Å². The highest BCUT2D eigenvalue weighted by atomic mass is 35.5. The molecule has 9 heteroatoms. The molecule has 0 aliphatic carbocycles. The predicted molar refractivity (Wildman–Crippen MR) is 596 cm³/mol. The van der Waals surface area contributed by atoms with Crippen molar-refractivity contribution in [3.8, 4) is 0 Å². The number of hydrogen-bond acceptors (Lipinski definition) is 6. The standard InChI is InChI=1S/C128H141Cl3N6/c1-119(2,3)86-38-62-98(63-39-86)132(99-64-40-87(41-65-99)120(4,5)6)110-32-29-35-113(116(110)129)135(104-74-50-92(51-75-104)125(19,20)21)107-80-56-95(57-81-107)128(28,96-58-82-108(83-59-96)136(105-76-52-93(53-77-105)126(22,23)24)114-36-30-33-111(117(114)130)133(100-66-42-88(43-67-100)121(7,8)9)101-68-44-89(45-69-101)122(10,11)12)97-60-84-109(85-61-97)137(106-78-54-94(55-79-106)127(25,26)27)115-37-31-34-112(118(115)131)134(102-70-46-90(47-71-102)123(13,14)15)103-72-48-91(49-73-103)124(16,17)18/h29-85H,1-28H3. The Bertz CT molecular complexity index is 5870. The van der Waals surface area contributed by atoms with Gasteiger partial charge in [-0.1, -0.05) is 386 Å². The average Bonchev–Trinajstić information content (AvgIpc) is 0.741. The zero-order valence-electron chi connectivity index (χ0n) is 86.2. The van der Waals surface area contributed by atoms with Crippen molar-refractivity contribution in [3.05, 3.63) is 428 Å². The van der Waals surface area contributed by atoms with Crippen molar-refractivity contribution in [2.75, 3.05) is 29.4 Å². The summed E-state index contributed by atoms with van der Waals surface area (Å²) in [5, 5.41) is 1.80. The second kappa shape index (κ2) is 38.0. The van der Waals surface area contributed by atoms with Crippen LogP contribution in [0, 0.1) is 0 Å². The number of benzene rings is 15. The van der Waals surface area contributed by atoms with Crippen molar-refractivity contribution in [2.45, 2.75) is 248 Å². The minimum Gasteiger partial charge on any atom is -0.309 e. The summed E-state index contributed by atoms with van der Waals surface area (Å²) in [7, 11) is 0. The minimum absolute atomic E-state index is 0.0476. The predicted octanol–water partition coefficient (Wildman–Crippen LogP) is 39.5. The molecule has 0 atom stereocenters. The Morgan fingerprint density at radius 1 is 0.124 bits per heavy atom. The van der Waals surface area contributed by atoms with Crippen LogP contribution in [0.15, 0.2) is 346 Å². The Kier molecular flexibility index (Phi) is 27.6. The van der Waals surface area contributed by atoms with Crippen molar-refractivity contribution < 1.29 is 0 Å². The van der Waals surface area contributed by atoms with Gasteiger partial charge in [0.05, 0.1) is 49.2 Å². The van der Waals surface area contributed by atoms with E-state index in [0.717, 1.165) is 119 Å². The van der Waals surface area contributed by atoms with Gasteiger partial charge < -0.3 is 29.4 Å². The van der Waals surface area contributed by atoms with Crippen molar-refractivity contribution in [2.24, 2.45) is 0 Å². The lowest BCUT2D eigenvalue weighted by atomic mass is 9.71. The fourth-order valence-electron chi connectivity index (χ4n) is 18.4. The van der Waals surface area contributed by atoms with Crippen LogP contribution >= 0.6 is 34.8 Å². The molecular weight excluding hydrogens is 1730 g/mol. The van der Waals surface area contributed by atoms with Gasteiger partial charge in [-0.05, 0) is 304 Å². The second-order valence-corrected chi connectivity index (χ2v) is 47.9. The van der Waals surface area contributed by atoms with Gasteiger partial charge in [0.25, 0.3) is 0 Å². The van der Waals surface area contributed by atoms with Gasteiger partial charge in [0, 0.05) is 73.7 Å². The van der Waals surface area contributed by atoms with Crippen LogP contribution in [0.25, 0.3) is 0 Å². The highest BCUT2D eigenvalue weighted by molar-refractivity contribution is 6.38. The largest absolute Gasteiger partial charge is 0.309 e. The summed E-state index contributed by atoms with van der Waals surface area (Å²) in [5.74, 6) is 0. The third-order valence-electron chi connectivity index (χ3n) is 27.4. The third-order valence-corrected chi connectivity index (χ3v) is 28.5. The molecule has 0 saturated carbocycles. The molecule has 0 N–H and O–H groups in total. The van der Waals surface area contributed by atoms with Crippen LogP contribution in [0.1, 0.15) is 261 Å². The van der Waals surface area contributed by atoms with Crippen LogP contribution in [-0.2, 0) is 54.1 Å². The summed E-state index contributed by atoms with van der Waals surface area (Å²) in [4.78, 5) is 13.9. The summed E-state index contributed by atoms with van der Waals surface area (Å²) in [5.41, 5.74) is 29.8. The van der Waals surface area contributed by atoms with E-state index in [0.29, 0.717) is 15.1 Å². The van der Waals surface area contributed by atoms with E-state index >= 15 is 0 Å². The van der Waals surface area contributed by atoms with Crippen LogP contribution < -0.4 is 29.4 Å². The number of nitrogens with zero attached hydrogens (tertiary/aromatic N) is 6. The third kappa shape index (κ3) is 21.3. The van der Waals surface area contributed by atoms with E-state index in [9.17, 15) is 0 Å². The molecule has 0 unspecified atom stereocenters. The second-order valence-electron chi connectivity index (χ2n) is 46.8. The molecule has 6 nitrogen and oxygen atoms in total. The monoisotopic (exact) mass is 1870 g/mol. The van der Waals surface area contributed by atoms with Gasteiger partial charge in [0.15, 0.2) is 0 Å². The molecule has 0 bridgehead atoms. The molecule has 0 aliphatic rings. The summed E-state index contributed by atoms with van der Waals surface area (Å²) >= 11 is 24.8. The molecule has 137 heavy (non-hydrogen) atoms. The van der Waals surface area contributed by atoms with Gasteiger partial charge in [0.2, 0.25) is 0 Å². The molecule has 0 aliphatic heterocycles. The zero-order valence-corrected chi connectivity index (χ0v) is 88.5. The number of halogens is 3. The number of anilines is 18. The molecule has 0 amide bonds. The van der Waals surface area contributed by atoms with Crippen LogP contribution in [-0.4, -0.2) is 0 Å². The molecule has 15 rings (SSSR count). The van der Waals surface area contributed by atoms with Gasteiger partial charge in [-0.25, -0.2) is 0 Å². The lowest BCUT2D eigenvalue weighted by Gasteiger charge is -2.35. The Morgan fingerprint density at radius 3 is 0.299 bits per heavy atom. The maximum atomic E-state index is 8.27. The molecule has 0 fully saturated rings. The molecule has 0 saturated heterocycles. The van der Waals surface area contributed by atoms with Crippen LogP contribution in [0.2, 0.25) is 15.1 Å². The quantitative estimate of drug-likeness (QED) is 0.0663. The lowest BCUT2D eigenvalue weighted by molar-refractivity contribution is 0.590. The Labute approximate surface area is 836 Å². The molecule has 15 aromatic carbocycles. The Morgan fingerprint density at radius 2 is 0.212 bits per heavy atom. The molecule has 704 valence electrons. The van der Waals surface area contributed by atoms with Crippen LogP contribution in [0.4, 0.5) is 102 Å². The van der Waals surface area contributed by atoms with Crippen molar-refractivity contribution in [1.29, 1.82) is 0 Å². The topological polar surface area (TPSA) is 19.4 Å². The van der Waals surface area contributed by atoms with Crippen LogP contribution in [0.5, 0.6) is 0 Å². The SMILES string of the molecule is CC(C)(C)c1ccc(N(c2ccc(C(C)(C)C)cc2)c2cccc(N(c3ccc(C(C)(C)C)cc3)c3ccc(C(C)(c4ccc(N(c5ccc(C(C)(C)C)cc5)c5cccc(N(c6ccc(C(C)(C)C)cc6)c6ccc(C(C)(C)C)cc6)c5Cl)cc4)c4ccc(N(c5ccc(C(C)(C)C)cc5)c5cccc(N(c6ccc(C(C)(C)C)cc6)c6ccc(C(C)(C)C)cc6)c5Cl)cc4)cc3)c2Cl)cc1. The molecular formula is C128H141Cl3N6. The lowest BCUT2D eigenvalue weighted by Crippen LogP contribution is -2.26. The van der Waals surface area contributed by atoms with E-state index in [2.05, 4.69) is 569 Å². The Hall–Kier alpha value is -12.0. The first-order chi connectivity index (χ1) is 64.2. The van der Waals surface area contributed by atoms with Crippen molar-refractivity contribution in [3.63, 3.8) is 0 Å². The van der Waals surface area contributed by atoms with Gasteiger partial charge in [-0.15, -0.1) is 0 Å². The van der Waals surface area contributed by atoms with E-state index in [4.69, 9.17) is 34.8 Å². The molecule has 0 spiro atoms. The first-order valence-electron chi connectivity index (χ1n) is 48.7. The summed E-state index contributed by atoms with van der Waals surface area (Å²) in [6.45, 7) is 63.6. The molecule has 0 aromatic heterocycles. The van der Waals surface area contributed by atoms with E-state index in [1.165, 1.54) is 50.1 Å². The highest BCUT2D eigenvalue weighted by Crippen LogP contribution is 2.55. The minimum atomic E-state index is -0.831. The van der Waals surface area contributed by atoms with Gasteiger partial charge in [-0.2, -0.15) is 0 Å². The summed E-state index contributed by atoms with van der Waals surface area (Å²) in [6, 6.07) is 128. The fourth-order valence-corrected chi connectivity index (χ4v) is 19.3. The molecule has 0 heterocycles. The van der Waals surface area contributed by atoms with E-state index in [1.807, 2.05) is 0 Å². The summed E-state index contributed by atoms with van der Waals surface area (Å²) < 4.78 is 0. The fraction of sp³-hybridized carbons (Fsp3) is 0.297. The van der Waals surface area contributed by atoms with Gasteiger partial charge in [0.1, 0.15) is 0 Å². The van der Waals surface area contributed by atoms with Crippen LogP contribution in [0.3, 0.4) is 0 Å². The number of hydrogen-bond donors (Lipinski definition) is 0. The number of rotatable bonds is 21. The molecule has 0 radical (unpaired) electrons. The van der Waals surface area contributed by atoms with E-state index < -0.39 is 5.41 Å². The van der Waals surface area contributed by atoms with Crippen molar-refractivity contribution in [1.82, 2.24) is 0 Å². The normalized spacial score (nSPS) is 12.6. The maximum absolute atomic E-state index is 8.27. The highest BCUT2D eigenvalue weighted by Gasteiger charge is 2.36. The first kappa shape index (κ1) is 99.4. The van der Waals surface area contributed by atoms with Crippen molar-refractivity contribution >= 4 is 137 Å². The smallest absolute Gasteiger partial charge is 0.0887 e. The first-order valence-corrected chi connectivity index (χ1v) is 49.8. The summed E-state index contributed by atoms with van der Waals surface area (Å²) in [6.07, 6.45) is 0. The van der Waals surface area contributed by atoms with Gasteiger partial charge >= 0.3 is 0 Å². The Balaban J connectivity index is 0.922. The molecule has 15 aromatic rings. The van der Waals surface area contributed by atoms with E-state index in [-0.39, 0.29) is 48.7 Å².